The molecule has 1 aromatic rings. The zero-order valence-corrected chi connectivity index (χ0v) is 11.9. The van der Waals surface area contributed by atoms with E-state index in [0.29, 0.717) is 17.9 Å². The molecule has 5 heteroatoms. The molecule has 1 spiro atoms. The van der Waals surface area contributed by atoms with E-state index in [-0.39, 0.29) is 17.5 Å². The minimum Gasteiger partial charge on any atom is -0.381 e. The van der Waals surface area contributed by atoms with E-state index in [4.69, 9.17) is 14.7 Å². The molecule has 0 bridgehead atoms. The Morgan fingerprint density at radius 1 is 1.29 bits per heavy atom. The van der Waals surface area contributed by atoms with Gasteiger partial charge in [-0.3, -0.25) is 0 Å². The van der Waals surface area contributed by atoms with E-state index >= 15 is 0 Å². The highest BCUT2D eigenvalue weighted by atomic mass is 19.1. The van der Waals surface area contributed by atoms with E-state index in [0.717, 1.165) is 38.9 Å². The number of rotatable bonds is 2. The number of anilines is 1. The van der Waals surface area contributed by atoms with Gasteiger partial charge in [-0.15, -0.1) is 0 Å². The lowest BCUT2D eigenvalue weighted by molar-refractivity contribution is -0.135. The van der Waals surface area contributed by atoms with Crippen molar-refractivity contribution in [2.75, 3.05) is 25.1 Å². The zero-order valence-electron chi connectivity index (χ0n) is 11.9. The fourth-order valence-electron chi connectivity index (χ4n) is 3.16. The first-order chi connectivity index (χ1) is 10.2. The number of hydrogen-bond donors (Lipinski definition) is 1. The van der Waals surface area contributed by atoms with Crippen LogP contribution in [0.15, 0.2) is 18.2 Å². The van der Waals surface area contributed by atoms with Crippen molar-refractivity contribution in [3.63, 3.8) is 0 Å². The molecule has 1 atom stereocenters. The van der Waals surface area contributed by atoms with Gasteiger partial charge in [-0.05, 0) is 43.9 Å². The quantitative estimate of drug-likeness (QED) is 0.910. The third kappa shape index (κ3) is 3.17. The Morgan fingerprint density at radius 3 is 2.81 bits per heavy atom. The summed E-state index contributed by atoms with van der Waals surface area (Å²) >= 11 is 0. The maximum Gasteiger partial charge on any atom is 0.147 e. The predicted octanol–water partition coefficient (Wildman–Crippen LogP) is 2.84. The van der Waals surface area contributed by atoms with Crippen LogP contribution in [0.5, 0.6) is 0 Å². The third-order valence-electron chi connectivity index (χ3n) is 4.35. The number of nitrogens with zero attached hydrogens (tertiary/aromatic N) is 1. The SMILES string of the molecule is N#Cc1ccc(NC2CCOC3(CCOCC3)C2)c(F)c1. The molecule has 0 amide bonds. The number of nitrogens with one attached hydrogen (secondary N) is 1. The summed E-state index contributed by atoms with van der Waals surface area (Å²) in [4.78, 5) is 0. The smallest absolute Gasteiger partial charge is 0.147 e. The van der Waals surface area contributed by atoms with Gasteiger partial charge >= 0.3 is 0 Å². The molecule has 2 fully saturated rings. The van der Waals surface area contributed by atoms with Crippen LogP contribution in [-0.2, 0) is 9.47 Å². The zero-order chi connectivity index (χ0) is 14.7. The molecule has 0 radical (unpaired) electrons. The number of hydrogen-bond acceptors (Lipinski definition) is 4. The van der Waals surface area contributed by atoms with Crippen molar-refractivity contribution in [1.29, 1.82) is 5.26 Å². The molecule has 4 nitrogen and oxygen atoms in total. The average molecular weight is 290 g/mol. The summed E-state index contributed by atoms with van der Waals surface area (Å²) in [7, 11) is 0. The van der Waals surface area contributed by atoms with Gasteiger partial charge in [0.25, 0.3) is 0 Å². The number of benzene rings is 1. The van der Waals surface area contributed by atoms with Gasteiger partial charge in [-0.2, -0.15) is 5.26 Å². The lowest BCUT2D eigenvalue weighted by atomic mass is 9.84. The van der Waals surface area contributed by atoms with E-state index in [9.17, 15) is 4.39 Å². The predicted molar refractivity (Wildman–Crippen MR) is 76.5 cm³/mol. The second-order valence-electron chi connectivity index (χ2n) is 5.78. The molecule has 0 aromatic heterocycles. The number of ether oxygens (including phenoxy) is 2. The summed E-state index contributed by atoms with van der Waals surface area (Å²) in [6, 6.07) is 6.68. The van der Waals surface area contributed by atoms with Crippen molar-refractivity contribution in [2.45, 2.75) is 37.3 Å². The van der Waals surface area contributed by atoms with Gasteiger partial charge in [0, 0.05) is 25.9 Å². The first kappa shape index (κ1) is 14.3. The highest BCUT2D eigenvalue weighted by Crippen LogP contribution is 2.35. The molecule has 2 saturated heterocycles. The molecule has 1 aromatic carbocycles. The van der Waals surface area contributed by atoms with Crippen molar-refractivity contribution in [2.24, 2.45) is 0 Å². The molecule has 0 saturated carbocycles. The van der Waals surface area contributed by atoms with Crippen molar-refractivity contribution in [3.8, 4) is 6.07 Å². The summed E-state index contributed by atoms with van der Waals surface area (Å²) < 4.78 is 25.3. The van der Waals surface area contributed by atoms with E-state index in [1.165, 1.54) is 6.07 Å². The molecular weight excluding hydrogens is 271 g/mol. The lowest BCUT2D eigenvalue weighted by Gasteiger charge is -2.43. The van der Waals surface area contributed by atoms with Crippen LogP contribution in [0.1, 0.15) is 31.2 Å². The van der Waals surface area contributed by atoms with Gasteiger partial charge in [0.15, 0.2) is 0 Å². The van der Waals surface area contributed by atoms with E-state index in [2.05, 4.69) is 5.32 Å². The standard InChI is InChI=1S/C16H19FN2O2/c17-14-9-12(11-18)1-2-15(14)19-13-3-6-21-16(10-13)4-7-20-8-5-16/h1-2,9,13,19H,3-8,10H2. The fraction of sp³-hybridized carbons (Fsp3) is 0.562. The first-order valence-electron chi connectivity index (χ1n) is 7.39. The second kappa shape index (κ2) is 6.00. The Balaban J connectivity index is 1.68. The average Bonchev–Trinajstić information content (AvgIpc) is 2.50. The molecular formula is C16H19FN2O2. The summed E-state index contributed by atoms with van der Waals surface area (Å²) in [5.74, 6) is -0.374. The minimum absolute atomic E-state index is 0.114. The number of nitriles is 1. The second-order valence-corrected chi connectivity index (χ2v) is 5.78. The molecule has 1 N–H and O–H groups in total. The molecule has 2 aliphatic rings. The van der Waals surface area contributed by atoms with Gasteiger partial charge in [0.05, 0.1) is 22.9 Å². The van der Waals surface area contributed by atoms with Crippen LogP contribution < -0.4 is 5.32 Å². The highest BCUT2D eigenvalue weighted by Gasteiger charge is 2.39. The molecule has 112 valence electrons. The largest absolute Gasteiger partial charge is 0.381 e. The first-order valence-corrected chi connectivity index (χ1v) is 7.39. The molecule has 2 aliphatic heterocycles. The Morgan fingerprint density at radius 2 is 2.10 bits per heavy atom. The minimum atomic E-state index is -0.374. The molecule has 0 aliphatic carbocycles. The molecule has 3 rings (SSSR count). The van der Waals surface area contributed by atoms with Crippen LogP contribution >= 0.6 is 0 Å². The third-order valence-corrected chi connectivity index (χ3v) is 4.35. The maximum absolute atomic E-state index is 14.0. The summed E-state index contributed by atoms with van der Waals surface area (Å²) in [5.41, 5.74) is 0.686. The van der Waals surface area contributed by atoms with E-state index in [1.54, 1.807) is 12.1 Å². The van der Waals surface area contributed by atoms with Gasteiger partial charge in [-0.1, -0.05) is 0 Å². The van der Waals surface area contributed by atoms with E-state index in [1.807, 2.05) is 6.07 Å². The normalized spacial score (nSPS) is 24.5. The number of halogens is 1. The van der Waals surface area contributed by atoms with Gasteiger partial charge in [0.2, 0.25) is 0 Å². The maximum atomic E-state index is 14.0. The monoisotopic (exact) mass is 290 g/mol. The summed E-state index contributed by atoms with van der Waals surface area (Å²) in [6.45, 7) is 2.16. The van der Waals surface area contributed by atoms with Crippen molar-refractivity contribution in [3.05, 3.63) is 29.6 Å². The Kier molecular flexibility index (Phi) is 4.09. The highest BCUT2D eigenvalue weighted by molar-refractivity contribution is 5.49. The van der Waals surface area contributed by atoms with Crippen molar-refractivity contribution in [1.82, 2.24) is 0 Å². The molecule has 1 unspecified atom stereocenters. The summed E-state index contributed by atoms with van der Waals surface area (Å²) in [5, 5.41) is 12.0. The van der Waals surface area contributed by atoms with Crippen LogP contribution in [0.25, 0.3) is 0 Å². The van der Waals surface area contributed by atoms with Crippen LogP contribution in [0.2, 0.25) is 0 Å². The lowest BCUT2D eigenvalue weighted by Crippen LogP contribution is -2.47. The summed E-state index contributed by atoms with van der Waals surface area (Å²) in [6.07, 6.45) is 3.54. The van der Waals surface area contributed by atoms with Gasteiger partial charge in [0.1, 0.15) is 5.82 Å². The molecule has 2 heterocycles. The van der Waals surface area contributed by atoms with Crippen LogP contribution in [-0.4, -0.2) is 31.5 Å². The van der Waals surface area contributed by atoms with Gasteiger partial charge < -0.3 is 14.8 Å². The van der Waals surface area contributed by atoms with Crippen molar-refractivity contribution >= 4 is 5.69 Å². The Labute approximate surface area is 123 Å². The Bertz CT molecular complexity index is 544. The van der Waals surface area contributed by atoms with Gasteiger partial charge in [-0.25, -0.2) is 4.39 Å². The van der Waals surface area contributed by atoms with Crippen LogP contribution in [0.3, 0.4) is 0 Å². The topological polar surface area (TPSA) is 54.3 Å². The van der Waals surface area contributed by atoms with Crippen LogP contribution in [0, 0.1) is 17.1 Å². The van der Waals surface area contributed by atoms with E-state index < -0.39 is 0 Å². The Hall–Kier alpha value is -1.64. The van der Waals surface area contributed by atoms with Crippen LogP contribution in [0.4, 0.5) is 10.1 Å². The fourth-order valence-corrected chi connectivity index (χ4v) is 3.16. The van der Waals surface area contributed by atoms with Crippen molar-refractivity contribution < 1.29 is 13.9 Å². The molecule has 21 heavy (non-hydrogen) atoms.